The van der Waals surface area contributed by atoms with E-state index in [1.807, 2.05) is 35.2 Å². The van der Waals surface area contributed by atoms with Crippen LogP contribution in [0.1, 0.15) is 18.4 Å². The second-order valence-electron chi connectivity index (χ2n) is 5.76. The summed E-state index contributed by atoms with van der Waals surface area (Å²) in [6.07, 6.45) is 5.08. The van der Waals surface area contributed by atoms with Gasteiger partial charge < -0.3 is 4.90 Å². The highest BCUT2D eigenvalue weighted by atomic mass is 32.2. The van der Waals surface area contributed by atoms with Gasteiger partial charge in [-0.2, -0.15) is 17.9 Å². The topological polar surface area (TPSA) is 87.2 Å². The van der Waals surface area contributed by atoms with Gasteiger partial charge in [0, 0.05) is 38.1 Å². The maximum atomic E-state index is 12.2. The van der Waals surface area contributed by atoms with Gasteiger partial charge in [-0.3, -0.25) is 0 Å². The van der Waals surface area contributed by atoms with Crippen molar-refractivity contribution in [3.8, 4) is 0 Å². The molecule has 1 aromatic heterocycles. The van der Waals surface area contributed by atoms with E-state index in [2.05, 4.69) is 19.4 Å². The maximum Gasteiger partial charge on any atom is 0.277 e. The molecule has 0 saturated carbocycles. The first-order valence-corrected chi connectivity index (χ1v) is 9.43. The molecular weight excluding hydrogens is 326 g/mol. The molecule has 1 aliphatic heterocycles. The third kappa shape index (κ3) is 4.73. The van der Waals surface area contributed by atoms with E-state index in [1.165, 1.54) is 0 Å². The minimum Gasteiger partial charge on any atom is -0.339 e. The van der Waals surface area contributed by atoms with E-state index in [4.69, 9.17) is 0 Å². The molecule has 2 aromatic rings. The van der Waals surface area contributed by atoms with Gasteiger partial charge in [-0.25, -0.2) is 9.97 Å². The summed E-state index contributed by atoms with van der Waals surface area (Å²) in [6, 6.07) is 11.1. The highest BCUT2D eigenvalue weighted by Gasteiger charge is 2.25. The summed E-state index contributed by atoms with van der Waals surface area (Å²) in [4.78, 5) is 10.5. The Bertz CT molecular complexity index is 740. The number of anilines is 1. The Morgan fingerprint density at radius 3 is 2.62 bits per heavy atom. The van der Waals surface area contributed by atoms with E-state index in [9.17, 15) is 8.42 Å². The fourth-order valence-corrected chi connectivity index (χ4v) is 3.82. The van der Waals surface area contributed by atoms with Crippen molar-refractivity contribution in [1.82, 2.24) is 19.4 Å². The van der Waals surface area contributed by atoms with E-state index in [1.54, 1.807) is 18.5 Å². The van der Waals surface area contributed by atoms with Crippen molar-refractivity contribution in [2.45, 2.75) is 25.4 Å². The predicted molar refractivity (Wildman–Crippen MR) is 92.6 cm³/mol. The molecule has 24 heavy (non-hydrogen) atoms. The molecule has 1 aromatic carbocycles. The van der Waals surface area contributed by atoms with Gasteiger partial charge in [0.15, 0.2) is 0 Å². The molecule has 0 bridgehead atoms. The summed E-state index contributed by atoms with van der Waals surface area (Å²) in [7, 11) is -3.55. The maximum absolute atomic E-state index is 12.2. The number of rotatable bonds is 6. The number of benzene rings is 1. The van der Waals surface area contributed by atoms with E-state index < -0.39 is 10.2 Å². The first kappa shape index (κ1) is 16.8. The summed E-state index contributed by atoms with van der Waals surface area (Å²) in [5, 5.41) is 0. The molecule has 1 saturated heterocycles. The molecule has 0 aliphatic carbocycles. The summed E-state index contributed by atoms with van der Waals surface area (Å²) < 4.78 is 29.8. The minimum atomic E-state index is -3.55. The molecule has 0 amide bonds. The molecule has 1 aliphatic rings. The number of nitrogens with zero attached hydrogens (tertiary/aromatic N) is 3. The van der Waals surface area contributed by atoms with Crippen LogP contribution in [-0.4, -0.2) is 37.5 Å². The van der Waals surface area contributed by atoms with Crippen LogP contribution in [0.25, 0.3) is 0 Å². The molecule has 1 fully saturated rings. The van der Waals surface area contributed by atoms with Crippen LogP contribution < -0.4 is 14.3 Å². The Labute approximate surface area is 142 Å². The average molecular weight is 347 g/mol. The molecule has 1 unspecified atom stereocenters. The van der Waals surface area contributed by atoms with Crippen molar-refractivity contribution in [3.63, 3.8) is 0 Å². The molecule has 8 heteroatoms. The Morgan fingerprint density at radius 1 is 1.12 bits per heavy atom. The lowest BCUT2D eigenvalue weighted by atomic mass is 10.1. The van der Waals surface area contributed by atoms with Crippen LogP contribution in [0.2, 0.25) is 0 Å². The zero-order valence-electron chi connectivity index (χ0n) is 13.3. The predicted octanol–water partition coefficient (Wildman–Crippen LogP) is 1.07. The van der Waals surface area contributed by atoms with Crippen LogP contribution in [-0.2, 0) is 16.8 Å². The van der Waals surface area contributed by atoms with E-state index in [0.717, 1.165) is 24.9 Å². The van der Waals surface area contributed by atoms with Crippen LogP contribution in [0.5, 0.6) is 0 Å². The standard InChI is InChI=1S/C16H21N5O2S/c22-24(23,19-12-14-6-2-1-3-7-14)20-15-8-4-11-21(13-15)16-17-9-5-10-18-16/h1-3,5-7,9-10,15,19-20H,4,8,11-13H2. The normalized spacial score (nSPS) is 18.5. The number of piperidine rings is 1. The Morgan fingerprint density at radius 2 is 1.88 bits per heavy atom. The molecule has 2 N–H and O–H groups in total. The second kappa shape index (κ2) is 7.69. The van der Waals surface area contributed by atoms with Crippen LogP contribution in [0.15, 0.2) is 48.8 Å². The zero-order chi connectivity index (χ0) is 16.8. The van der Waals surface area contributed by atoms with Crippen LogP contribution in [0.4, 0.5) is 5.95 Å². The Kier molecular flexibility index (Phi) is 5.39. The lowest BCUT2D eigenvalue weighted by Crippen LogP contribution is -2.51. The van der Waals surface area contributed by atoms with Crippen molar-refractivity contribution >= 4 is 16.2 Å². The van der Waals surface area contributed by atoms with Crippen LogP contribution in [0, 0.1) is 0 Å². The molecule has 128 valence electrons. The highest BCUT2D eigenvalue weighted by Crippen LogP contribution is 2.15. The van der Waals surface area contributed by atoms with E-state index in [0.29, 0.717) is 12.5 Å². The van der Waals surface area contributed by atoms with E-state index >= 15 is 0 Å². The smallest absolute Gasteiger partial charge is 0.277 e. The fourth-order valence-electron chi connectivity index (χ4n) is 2.74. The van der Waals surface area contributed by atoms with Crippen LogP contribution in [0.3, 0.4) is 0 Å². The third-order valence-corrected chi connectivity index (χ3v) is 5.06. The van der Waals surface area contributed by atoms with Gasteiger partial charge in [-0.1, -0.05) is 30.3 Å². The summed E-state index contributed by atoms with van der Waals surface area (Å²) in [5.41, 5.74) is 0.922. The van der Waals surface area contributed by atoms with Gasteiger partial charge in [0.2, 0.25) is 5.95 Å². The van der Waals surface area contributed by atoms with E-state index in [-0.39, 0.29) is 12.6 Å². The number of aromatic nitrogens is 2. The van der Waals surface area contributed by atoms with Crippen LogP contribution >= 0.6 is 0 Å². The first-order chi connectivity index (χ1) is 11.6. The van der Waals surface area contributed by atoms with Gasteiger partial charge in [0.1, 0.15) is 0 Å². The van der Waals surface area contributed by atoms with Crippen molar-refractivity contribution in [1.29, 1.82) is 0 Å². The van der Waals surface area contributed by atoms with Crippen molar-refractivity contribution in [3.05, 3.63) is 54.4 Å². The lowest BCUT2D eigenvalue weighted by Gasteiger charge is -2.32. The fraction of sp³-hybridized carbons (Fsp3) is 0.375. The van der Waals surface area contributed by atoms with Crippen molar-refractivity contribution in [2.24, 2.45) is 0 Å². The molecule has 1 atom stereocenters. The zero-order valence-corrected chi connectivity index (χ0v) is 14.1. The lowest BCUT2D eigenvalue weighted by molar-refractivity contribution is 0.458. The third-order valence-electron chi connectivity index (χ3n) is 3.89. The largest absolute Gasteiger partial charge is 0.339 e. The minimum absolute atomic E-state index is 0.157. The monoisotopic (exact) mass is 347 g/mol. The number of nitrogens with one attached hydrogen (secondary N) is 2. The summed E-state index contributed by atoms with van der Waals surface area (Å²) in [5.74, 6) is 0.638. The molecule has 2 heterocycles. The molecule has 0 radical (unpaired) electrons. The highest BCUT2D eigenvalue weighted by molar-refractivity contribution is 7.87. The Hall–Kier alpha value is -2.03. The first-order valence-electron chi connectivity index (χ1n) is 7.95. The van der Waals surface area contributed by atoms with Gasteiger partial charge in [0.05, 0.1) is 0 Å². The summed E-state index contributed by atoms with van der Waals surface area (Å²) >= 11 is 0. The molecule has 7 nitrogen and oxygen atoms in total. The van der Waals surface area contributed by atoms with Crippen molar-refractivity contribution in [2.75, 3.05) is 18.0 Å². The number of hydrogen-bond donors (Lipinski definition) is 2. The van der Waals surface area contributed by atoms with Gasteiger partial charge >= 0.3 is 0 Å². The molecule has 0 spiro atoms. The van der Waals surface area contributed by atoms with Crippen molar-refractivity contribution < 1.29 is 8.42 Å². The molecule has 3 rings (SSSR count). The second-order valence-corrected chi connectivity index (χ2v) is 7.29. The van der Waals surface area contributed by atoms with Gasteiger partial charge in [-0.15, -0.1) is 0 Å². The SMILES string of the molecule is O=S(=O)(NCc1ccccc1)NC1CCCN(c2ncccn2)C1. The quantitative estimate of drug-likeness (QED) is 0.816. The Balaban J connectivity index is 1.56. The average Bonchev–Trinajstić information content (AvgIpc) is 2.62. The van der Waals surface area contributed by atoms with Gasteiger partial charge in [-0.05, 0) is 24.5 Å². The number of hydrogen-bond acceptors (Lipinski definition) is 5. The van der Waals surface area contributed by atoms with Gasteiger partial charge in [0.25, 0.3) is 10.2 Å². The molecular formula is C16H21N5O2S. The summed E-state index contributed by atoms with van der Waals surface area (Å²) in [6.45, 7) is 1.67.